The first-order valence-electron chi connectivity index (χ1n) is 4.52. The van der Waals surface area contributed by atoms with Crippen molar-refractivity contribution in [1.82, 2.24) is 0 Å². The van der Waals surface area contributed by atoms with Crippen LogP contribution in [0.2, 0.25) is 0 Å². The van der Waals surface area contributed by atoms with Crippen molar-refractivity contribution in [3.63, 3.8) is 0 Å². The van der Waals surface area contributed by atoms with E-state index in [9.17, 15) is 0 Å². The average Bonchev–Trinajstić information content (AvgIpc) is 2.16. The van der Waals surface area contributed by atoms with E-state index in [1.54, 1.807) is 13.2 Å². The van der Waals surface area contributed by atoms with Gasteiger partial charge in [0.15, 0.2) is 0 Å². The van der Waals surface area contributed by atoms with Gasteiger partial charge in [0.05, 0.1) is 11.6 Å². The van der Waals surface area contributed by atoms with E-state index in [0.717, 1.165) is 21.5 Å². The Morgan fingerprint density at radius 3 is 2.62 bits per heavy atom. The molecule has 0 unspecified atom stereocenters. The summed E-state index contributed by atoms with van der Waals surface area (Å²) < 4.78 is 11.7. The molecule has 0 saturated carbocycles. The Kier molecular flexibility index (Phi) is 5.46. The summed E-state index contributed by atoms with van der Waals surface area (Å²) in [6.45, 7) is 2.28. The molecule has 0 aromatic heterocycles. The summed E-state index contributed by atoms with van der Waals surface area (Å²) in [6.07, 6.45) is 1.58. The van der Waals surface area contributed by atoms with Crippen LogP contribution in [0.3, 0.4) is 0 Å². The van der Waals surface area contributed by atoms with Gasteiger partial charge in [0.25, 0.3) is 0 Å². The Balaban J connectivity index is 2.80. The number of halogens is 3. The fourth-order valence-corrected chi connectivity index (χ4v) is 2.07. The Morgan fingerprint density at radius 2 is 2.12 bits per heavy atom. The van der Waals surface area contributed by atoms with E-state index in [-0.39, 0.29) is 4.49 Å². The van der Waals surface area contributed by atoms with Gasteiger partial charge in [0, 0.05) is 0 Å². The van der Waals surface area contributed by atoms with E-state index in [1.165, 1.54) is 0 Å². The molecule has 0 heterocycles. The summed E-state index contributed by atoms with van der Waals surface area (Å²) in [5, 5.41) is 0. The van der Waals surface area contributed by atoms with Gasteiger partial charge in [-0.05, 0) is 46.6 Å². The molecule has 1 rings (SSSR count). The number of hydrogen-bond donors (Lipinski definition) is 0. The second kappa shape index (κ2) is 6.38. The minimum atomic E-state index is 0.198. The highest BCUT2D eigenvalue weighted by molar-refractivity contribution is 9.10. The van der Waals surface area contributed by atoms with Crippen molar-refractivity contribution < 1.29 is 9.47 Å². The quantitative estimate of drug-likeness (QED) is 0.813. The van der Waals surface area contributed by atoms with Gasteiger partial charge >= 0.3 is 0 Å². The van der Waals surface area contributed by atoms with Crippen molar-refractivity contribution in [1.29, 1.82) is 0 Å². The highest BCUT2D eigenvalue weighted by Gasteiger charge is 2.06. The molecule has 0 amide bonds. The van der Waals surface area contributed by atoms with Gasteiger partial charge in [0.2, 0.25) is 0 Å². The second-order valence-electron chi connectivity index (χ2n) is 3.06. The van der Waals surface area contributed by atoms with Crippen molar-refractivity contribution >= 4 is 39.1 Å². The summed E-state index contributed by atoms with van der Waals surface area (Å²) >= 11 is 14.3. The molecule has 0 aliphatic heterocycles. The summed E-state index contributed by atoms with van der Waals surface area (Å²) in [7, 11) is 1.63. The van der Waals surface area contributed by atoms with E-state index >= 15 is 0 Å². The van der Waals surface area contributed by atoms with Crippen LogP contribution in [0.1, 0.15) is 5.56 Å². The van der Waals surface area contributed by atoms with Crippen LogP contribution in [0.25, 0.3) is 0 Å². The largest absolute Gasteiger partial charge is 0.495 e. The SMILES string of the molecule is COc1c(C)cc(OCC=C(Cl)Cl)cc1Br. The fourth-order valence-electron chi connectivity index (χ4n) is 1.24. The molecule has 2 nitrogen and oxygen atoms in total. The topological polar surface area (TPSA) is 18.5 Å². The molecule has 1 aromatic rings. The maximum Gasteiger partial charge on any atom is 0.136 e. The zero-order valence-corrected chi connectivity index (χ0v) is 12.0. The predicted octanol–water partition coefficient (Wildman–Crippen LogP) is 4.46. The maximum absolute atomic E-state index is 5.47. The van der Waals surface area contributed by atoms with Crippen LogP contribution >= 0.6 is 39.1 Å². The molecule has 0 saturated heterocycles. The van der Waals surface area contributed by atoms with E-state index in [4.69, 9.17) is 32.7 Å². The third kappa shape index (κ3) is 3.89. The van der Waals surface area contributed by atoms with Crippen LogP contribution < -0.4 is 9.47 Å². The summed E-state index contributed by atoms with van der Waals surface area (Å²) in [4.78, 5) is 0. The molecule has 16 heavy (non-hydrogen) atoms. The van der Waals surface area contributed by atoms with E-state index in [1.807, 2.05) is 19.1 Å². The number of rotatable bonds is 4. The Morgan fingerprint density at radius 1 is 1.44 bits per heavy atom. The van der Waals surface area contributed by atoms with Gasteiger partial charge in [-0.1, -0.05) is 23.2 Å². The van der Waals surface area contributed by atoms with Gasteiger partial charge in [-0.3, -0.25) is 0 Å². The van der Waals surface area contributed by atoms with Crippen LogP contribution in [0.5, 0.6) is 11.5 Å². The van der Waals surface area contributed by atoms with Gasteiger partial charge in [-0.25, -0.2) is 0 Å². The standard InChI is InChI=1S/C11H11BrCl2O2/c1-7-5-8(16-4-3-10(13)14)6-9(12)11(7)15-2/h3,5-6H,4H2,1-2H3. The molecule has 0 fully saturated rings. The van der Waals surface area contributed by atoms with E-state index < -0.39 is 0 Å². The van der Waals surface area contributed by atoms with Crippen molar-refractivity contribution in [3.8, 4) is 11.5 Å². The molecule has 1 aromatic carbocycles. The first kappa shape index (κ1) is 13.7. The summed E-state index contributed by atoms with van der Waals surface area (Å²) in [5.41, 5.74) is 0.993. The lowest BCUT2D eigenvalue weighted by Gasteiger charge is -2.10. The van der Waals surface area contributed by atoms with Crippen LogP contribution in [0.4, 0.5) is 0 Å². The Hall–Kier alpha value is -0.380. The van der Waals surface area contributed by atoms with E-state index in [2.05, 4.69) is 15.9 Å². The predicted molar refractivity (Wildman–Crippen MR) is 70.7 cm³/mol. The van der Waals surface area contributed by atoms with Gasteiger partial charge in [0.1, 0.15) is 22.6 Å². The Labute approximate surface area is 113 Å². The van der Waals surface area contributed by atoms with Crippen molar-refractivity contribution in [2.75, 3.05) is 13.7 Å². The molecular formula is C11H11BrCl2O2. The minimum Gasteiger partial charge on any atom is -0.495 e. The van der Waals surface area contributed by atoms with Gasteiger partial charge in [-0.15, -0.1) is 0 Å². The first-order valence-corrected chi connectivity index (χ1v) is 6.07. The molecule has 0 bridgehead atoms. The fraction of sp³-hybridized carbons (Fsp3) is 0.273. The number of ether oxygens (including phenoxy) is 2. The summed E-state index contributed by atoms with van der Waals surface area (Å²) in [6, 6.07) is 3.72. The van der Waals surface area contributed by atoms with Crippen molar-refractivity contribution in [2.24, 2.45) is 0 Å². The van der Waals surface area contributed by atoms with Gasteiger partial charge in [-0.2, -0.15) is 0 Å². The zero-order valence-electron chi connectivity index (χ0n) is 8.89. The highest BCUT2D eigenvalue weighted by Crippen LogP contribution is 2.32. The second-order valence-corrected chi connectivity index (χ2v) is 4.92. The maximum atomic E-state index is 5.47. The minimum absolute atomic E-state index is 0.198. The van der Waals surface area contributed by atoms with E-state index in [0.29, 0.717) is 6.61 Å². The summed E-state index contributed by atoms with van der Waals surface area (Å²) in [5.74, 6) is 1.54. The molecule has 88 valence electrons. The molecule has 0 radical (unpaired) electrons. The monoisotopic (exact) mass is 324 g/mol. The number of aryl methyl sites for hydroxylation is 1. The van der Waals surface area contributed by atoms with Crippen LogP contribution in [-0.4, -0.2) is 13.7 Å². The number of benzene rings is 1. The third-order valence-corrected chi connectivity index (χ3v) is 2.79. The van der Waals surface area contributed by atoms with Crippen LogP contribution in [0.15, 0.2) is 27.2 Å². The Bertz CT molecular complexity index is 378. The molecule has 0 aliphatic carbocycles. The molecule has 0 aliphatic rings. The first-order chi connectivity index (χ1) is 7.54. The molecular weight excluding hydrogens is 315 g/mol. The average molecular weight is 326 g/mol. The van der Waals surface area contributed by atoms with Gasteiger partial charge < -0.3 is 9.47 Å². The molecule has 5 heteroatoms. The lowest BCUT2D eigenvalue weighted by Crippen LogP contribution is -1.96. The lowest BCUT2D eigenvalue weighted by molar-refractivity contribution is 0.359. The molecule has 0 spiro atoms. The molecule has 0 N–H and O–H groups in total. The lowest BCUT2D eigenvalue weighted by atomic mass is 10.2. The molecule has 0 atom stereocenters. The third-order valence-electron chi connectivity index (χ3n) is 1.89. The van der Waals surface area contributed by atoms with Crippen molar-refractivity contribution in [3.05, 3.63) is 32.7 Å². The van der Waals surface area contributed by atoms with Crippen molar-refractivity contribution in [2.45, 2.75) is 6.92 Å². The number of methoxy groups -OCH3 is 1. The smallest absolute Gasteiger partial charge is 0.136 e. The number of hydrogen-bond acceptors (Lipinski definition) is 2. The highest BCUT2D eigenvalue weighted by atomic mass is 79.9. The zero-order chi connectivity index (χ0) is 12.1. The normalized spacial score (nSPS) is 9.81. The van der Waals surface area contributed by atoms with Crippen LogP contribution in [-0.2, 0) is 0 Å². The van der Waals surface area contributed by atoms with Crippen LogP contribution in [0, 0.1) is 6.92 Å².